The van der Waals surface area contributed by atoms with Crippen LogP contribution < -0.4 is 16.4 Å². The van der Waals surface area contributed by atoms with E-state index in [4.69, 9.17) is 10.5 Å². The van der Waals surface area contributed by atoms with E-state index in [1.54, 1.807) is 0 Å². The maximum atomic E-state index is 5.61. The Morgan fingerprint density at radius 1 is 1.56 bits per heavy atom. The zero-order valence-corrected chi connectivity index (χ0v) is 10.5. The van der Waals surface area contributed by atoms with Gasteiger partial charge < -0.3 is 21.1 Å². The van der Waals surface area contributed by atoms with E-state index in [9.17, 15) is 0 Å². The molecule has 18 heavy (non-hydrogen) atoms. The molecule has 0 amide bonds. The van der Waals surface area contributed by atoms with Gasteiger partial charge in [0.15, 0.2) is 0 Å². The molecule has 0 aliphatic carbocycles. The smallest absolute Gasteiger partial charge is 0.124 e. The van der Waals surface area contributed by atoms with Crippen molar-refractivity contribution in [1.82, 2.24) is 15.1 Å². The van der Waals surface area contributed by atoms with Crippen molar-refractivity contribution in [2.75, 3.05) is 38.1 Å². The third-order valence-electron chi connectivity index (χ3n) is 3.77. The Bertz CT molecular complexity index is 390. The van der Waals surface area contributed by atoms with Gasteiger partial charge in [0.25, 0.3) is 0 Å². The lowest BCUT2D eigenvalue weighted by atomic mass is 10.1. The maximum absolute atomic E-state index is 5.61. The molecule has 4 N–H and O–H groups in total. The third kappa shape index (κ3) is 2.36. The molecule has 2 atom stereocenters. The number of anilines is 1. The summed E-state index contributed by atoms with van der Waals surface area (Å²) >= 11 is 0. The van der Waals surface area contributed by atoms with Gasteiger partial charge in [-0.1, -0.05) is 0 Å². The molecule has 2 unspecified atom stereocenters. The van der Waals surface area contributed by atoms with Crippen LogP contribution in [-0.2, 0) is 4.74 Å². The molecule has 0 radical (unpaired) electrons. The number of rotatable bonds is 5. The summed E-state index contributed by atoms with van der Waals surface area (Å²) in [7, 11) is 0. The molecule has 2 saturated heterocycles. The van der Waals surface area contributed by atoms with Crippen LogP contribution in [0, 0.1) is 5.92 Å². The zero-order valence-electron chi connectivity index (χ0n) is 10.5. The van der Waals surface area contributed by atoms with Crippen LogP contribution in [0.2, 0.25) is 0 Å². The average molecular weight is 251 g/mol. The van der Waals surface area contributed by atoms with Gasteiger partial charge in [-0.05, 0) is 6.42 Å². The van der Waals surface area contributed by atoms with E-state index in [0.29, 0.717) is 18.5 Å². The van der Waals surface area contributed by atoms with Crippen LogP contribution in [0.25, 0.3) is 0 Å². The molecular weight excluding hydrogens is 230 g/mol. The Hall–Kier alpha value is -1.11. The van der Waals surface area contributed by atoms with E-state index in [1.807, 2.05) is 12.3 Å². The van der Waals surface area contributed by atoms with Gasteiger partial charge in [0.2, 0.25) is 0 Å². The SMILES string of the molecule is NCC1CC(CNc2ccnn2C2CNC2)CO1. The van der Waals surface area contributed by atoms with E-state index in [-0.39, 0.29) is 6.10 Å². The molecular formula is C12H21N5O. The predicted molar refractivity (Wildman–Crippen MR) is 69.5 cm³/mol. The number of aromatic nitrogens is 2. The van der Waals surface area contributed by atoms with Gasteiger partial charge in [0, 0.05) is 38.2 Å². The molecule has 2 aliphatic rings. The van der Waals surface area contributed by atoms with E-state index >= 15 is 0 Å². The summed E-state index contributed by atoms with van der Waals surface area (Å²) in [6, 6.07) is 2.54. The quantitative estimate of drug-likeness (QED) is 0.676. The molecule has 2 aliphatic heterocycles. The van der Waals surface area contributed by atoms with Crippen LogP contribution in [0.5, 0.6) is 0 Å². The van der Waals surface area contributed by atoms with Gasteiger partial charge in [-0.25, -0.2) is 4.68 Å². The summed E-state index contributed by atoms with van der Waals surface area (Å²) in [4.78, 5) is 0. The van der Waals surface area contributed by atoms with Gasteiger partial charge in [-0.15, -0.1) is 0 Å². The molecule has 2 fully saturated rings. The van der Waals surface area contributed by atoms with Crippen molar-refractivity contribution in [3.63, 3.8) is 0 Å². The minimum Gasteiger partial charge on any atom is -0.377 e. The second kappa shape index (κ2) is 5.26. The van der Waals surface area contributed by atoms with Crippen molar-refractivity contribution in [2.24, 2.45) is 11.7 Å². The molecule has 0 aromatic carbocycles. The highest BCUT2D eigenvalue weighted by atomic mass is 16.5. The zero-order chi connectivity index (χ0) is 12.4. The highest BCUT2D eigenvalue weighted by molar-refractivity contribution is 5.35. The van der Waals surface area contributed by atoms with Crippen LogP contribution in [0.1, 0.15) is 12.5 Å². The second-order valence-corrected chi connectivity index (χ2v) is 5.15. The van der Waals surface area contributed by atoms with Gasteiger partial charge in [-0.2, -0.15) is 5.10 Å². The van der Waals surface area contributed by atoms with Crippen molar-refractivity contribution >= 4 is 5.82 Å². The second-order valence-electron chi connectivity index (χ2n) is 5.15. The average Bonchev–Trinajstić information content (AvgIpc) is 2.93. The lowest BCUT2D eigenvalue weighted by molar-refractivity contribution is 0.113. The first-order chi connectivity index (χ1) is 8.86. The topological polar surface area (TPSA) is 77.1 Å². The van der Waals surface area contributed by atoms with Crippen molar-refractivity contribution in [2.45, 2.75) is 18.6 Å². The fraction of sp³-hybridized carbons (Fsp3) is 0.750. The number of hydrogen-bond donors (Lipinski definition) is 3. The molecule has 0 bridgehead atoms. The van der Waals surface area contributed by atoms with E-state index < -0.39 is 0 Å². The largest absolute Gasteiger partial charge is 0.377 e. The monoisotopic (exact) mass is 251 g/mol. The normalized spacial score (nSPS) is 28.3. The maximum Gasteiger partial charge on any atom is 0.124 e. The number of nitrogens with two attached hydrogens (primary N) is 1. The van der Waals surface area contributed by atoms with Gasteiger partial charge in [0.05, 0.1) is 24.9 Å². The molecule has 1 aromatic heterocycles. The Balaban J connectivity index is 1.52. The summed E-state index contributed by atoms with van der Waals surface area (Å²) in [5, 5.41) is 11.1. The van der Waals surface area contributed by atoms with E-state index in [0.717, 1.165) is 38.5 Å². The molecule has 6 nitrogen and oxygen atoms in total. The Morgan fingerprint density at radius 2 is 2.44 bits per heavy atom. The van der Waals surface area contributed by atoms with Crippen LogP contribution in [0.4, 0.5) is 5.82 Å². The lowest BCUT2D eigenvalue weighted by Gasteiger charge is -2.29. The van der Waals surface area contributed by atoms with Crippen LogP contribution >= 0.6 is 0 Å². The Morgan fingerprint density at radius 3 is 3.11 bits per heavy atom. The minimum absolute atomic E-state index is 0.248. The first kappa shape index (κ1) is 12.0. The number of nitrogens with one attached hydrogen (secondary N) is 2. The highest BCUT2D eigenvalue weighted by Crippen LogP contribution is 2.21. The minimum atomic E-state index is 0.248. The van der Waals surface area contributed by atoms with Crippen LogP contribution in [0.15, 0.2) is 12.3 Å². The van der Waals surface area contributed by atoms with Crippen molar-refractivity contribution in [1.29, 1.82) is 0 Å². The van der Waals surface area contributed by atoms with Crippen molar-refractivity contribution in [3.05, 3.63) is 12.3 Å². The molecule has 0 spiro atoms. The Labute approximate surface area is 107 Å². The fourth-order valence-corrected chi connectivity index (χ4v) is 2.53. The van der Waals surface area contributed by atoms with Gasteiger partial charge in [0.1, 0.15) is 5.82 Å². The summed E-state index contributed by atoms with van der Waals surface area (Å²) in [5.41, 5.74) is 5.61. The number of ether oxygens (including phenoxy) is 1. The van der Waals surface area contributed by atoms with Crippen molar-refractivity contribution in [3.8, 4) is 0 Å². The first-order valence-corrected chi connectivity index (χ1v) is 6.66. The van der Waals surface area contributed by atoms with Gasteiger partial charge in [-0.3, -0.25) is 0 Å². The molecule has 3 heterocycles. The lowest BCUT2D eigenvalue weighted by Crippen LogP contribution is -2.44. The Kier molecular flexibility index (Phi) is 3.49. The predicted octanol–water partition coefficient (Wildman–Crippen LogP) is -0.197. The van der Waals surface area contributed by atoms with Crippen molar-refractivity contribution < 1.29 is 4.74 Å². The van der Waals surface area contributed by atoms with Crippen LogP contribution in [-0.4, -0.2) is 48.7 Å². The molecule has 6 heteroatoms. The van der Waals surface area contributed by atoms with E-state index in [1.165, 1.54) is 0 Å². The molecule has 1 aromatic rings. The van der Waals surface area contributed by atoms with E-state index in [2.05, 4.69) is 20.4 Å². The molecule has 100 valence electrons. The summed E-state index contributed by atoms with van der Waals surface area (Å²) < 4.78 is 7.67. The highest BCUT2D eigenvalue weighted by Gasteiger charge is 2.25. The standard InChI is InChI=1S/C12H21N5O/c13-4-11-3-9(8-18-11)5-15-12-1-2-16-17(12)10-6-14-7-10/h1-2,9-11,14-15H,3-8,13H2. The number of nitrogens with zero attached hydrogens (tertiary/aromatic N) is 2. The summed E-state index contributed by atoms with van der Waals surface area (Å²) in [5.74, 6) is 1.67. The first-order valence-electron chi connectivity index (χ1n) is 6.66. The van der Waals surface area contributed by atoms with Gasteiger partial charge >= 0.3 is 0 Å². The molecule has 3 rings (SSSR count). The molecule has 0 saturated carbocycles. The third-order valence-corrected chi connectivity index (χ3v) is 3.77. The van der Waals surface area contributed by atoms with Crippen LogP contribution in [0.3, 0.4) is 0 Å². The fourth-order valence-electron chi connectivity index (χ4n) is 2.53. The summed E-state index contributed by atoms with van der Waals surface area (Å²) in [6.45, 7) is 4.40. The number of hydrogen-bond acceptors (Lipinski definition) is 5. The summed E-state index contributed by atoms with van der Waals surface area (Å²) in [6.07, 6.45) is 3.16.